The minimum Gasteiger partial charge on any atom is -0.358 e. The summed E-state index contributed by atoms with van der Waals surface area (Å²) in [6.45, 7) is 3.61. The summed E-state index contributed by atoms with van der Waals surface area (Å²) in [7, 11) is 1.63. The number of nitrogens with one attached hydrogen (secondary N) is 1. The quantitative estimate of drug-likeness (QED) is 0.664. The summed E-state index contributed by atoms with van der Waals surface area (Å²) in [6.07, 6.45) is 0.908. The van der Waals surface area contributed by atoms with Crippen molar-refractivity contribution in [2.45, 2.75) is 37.9 Å². The molecule has 0 radical (unpaired) electrons. The largest absolute Gasteiger partial charge is 0.358 e. The highest BCUT2D eigenvalue weighted by Gasteiger charge is 2.35. The Morgan fingerprint density at radius 2 is 1.69 bits per heavy atom. The zero-order valence-electron chi connectivity index (χ0n) is 18.4. The summed E-state index contributed by atoms with van der Waals surface area (Å²) in [5.41, 5.74) is 8.03. The van der Waals surface area contributed by atoms with E-state index < -0.39 is 6.04 Å². The van der Waals surface area contributed by atoms with Gasteiger partial charge < -0.3 is 16.0 Å². The van der Waals surface area contributed by atoms with Crippen LogP contribution in [-0.2, 0) is 22.4 Å². The van der Waals surface area contributed by atoms with Crippen molar-refractivity contribution in [3.63, 3.8) is 0 Å². The Morgan fingerprint density at radius 1 is 1.09 bits per heavy atom. The molecule has 0 aromatic heterocycles. The van der Waals surface area contributed by atoms with Crippen LogP contribution in [-0.4, -0.2) is 66.4 Å². The molecule has 0 saturated carbocycles. The second-order valence-electron chi connectivity index (χ2n) is 8.27. The molecule has 3 unspecified atom stereocenters. The maximum atomic E-state index is 13.1. The molecule has 8 heteroatoms. The van der Waals surface area contributed by atoms with E-state index >= 15 is 0 Å². The van der Waals surface area contributed by atoms with Gasteiger partial charge in [0.1, 0.15) is 5.82 Å². The molecule has 1 saturated heterocycles. The number of halogens is 2. The van der Waals surface area contributed by atoms with E-state index in [2.05, 4.69) is 10.2 Å². The first kappa shape index (κ1) is 24.2. The summed E-state index contributed by atoms with van der Waals surface area (Å²) in [5.74, 6) is -0.502. The topological polar surface area (TPSA) is 78.7 Å². The lowest BCUT2D eigenvalue weighted by Gasteiger charge is -2.43. The van der Waals surface area contributed by atoms with Crippen LogP contribution in [0.5, 0.6) is 0 Å². The van der Waals surface area contributed by atoms with E-state index in [4.69, 9.17) is 17.3 Å². The van der Waals surface area contributed by atoms with Crippen LogP contribution in [0.2, 0.25) is 5.02 Å². The van der Waals surface area contributed by atoms with Crippen molar-refractivity contribution < 1.29 is 14.0 Å². The van der Waals surface area contributed by atoms with Gasteiger partial charge in [0.05, 0.1) is 12.1 Å². The summed E-state index contributed by atoms with van der Waals surface area (Å²) in [4.78, 5) is 29.5. The Kier molecular flexibility index (Phi) is 8.23. The maximum Gasteiger partial charge on any atom is 0.240 e. The summed E-state index contributed by atoms with van der Waals surface area (Å²) in [5, 5.41) is 3.41. The monoisotopic (exact) mass is 460 g/mol. The number of rotatable bonds is 7. The van der Waals surface area contributed by atoms with Crippen LogP contribution in [0, 0.1) is 5.82 Å². The van der Waals surface area contributed by atoms with Gasteiger partial charge in [0.25, 0.3) is 0 Å². The fourth-order valence-corrected chi connectivity index (χ4v) is 4.29. The van der Waals surface area contributed by atoms with Crippen LogP contribution in [0.3, 0.4) is 0 Å². The predicted octanol–water partition coefficient (Wildman–Crippen LogP) is 2.24. The van der Waals surface area contributed by atoms with Gasteiger partial charge in [-0.1, -0.05) is 35.9 Å². The van der Waals surface area contributed by atoms with Crippen LogP contribution >= 0.6 is 11.6 Å². The van der Waals surface area contributed by atoms with E-state index in [1.807, 2.05) is 31.2 Å². The maximum absolute atomic E-state index is 13.1. The van der Waals surface area contributed by atoms with E-state index in [1.165, 1.54) is 12.1 Å². The normalized spacial score (nSPS) is 18.8. The molecule has 0 spiro atoms. The molecule has 3 atom stereocenters. The number of nitrogens with zero attached hydrogens (tertiary/aromatic N) is 2. The SMILES string of the molecule is CNC(=O)C(Cc1ccc(Cl)cc1)N1CCN(C(=O)C(N)Cc2ccc(F)cc2)C(C)C1. The fraction of sp³-hybridized carbons (Fsp3) is 0.417. The van der Waals surface area contributed by atoms with E-state index in [-0.39, 0.29) is 29.7 Å². The number of amides is 2. The number of carbonyl (C=O) groups excluding carboxylic acids is 2. The average Bonchev–Trinajstić information content (AvgIpc) is 2.79. The molecule has 0 bridgehead atoms. The van der Waals surface area contributed by atoms with Crippen LogP contribution in [0.25, 0.3) is 0 Å². The third kappa shape index (κ3) is 6.06. The van der Waals surface area contributed by atoms with Crippen molar-refractivity contribution in [3.8, 4) is 0 Å². The van der Waals surface area contributed by atoms with Gasteiger partial charge in [-0.25, -0.2) is 4.39 Å². The Balaban J connectivity index is 1.63. The van der Waals surface area contributed by atoms with Crippen molar-refractivity contribution in [1.82, 2.24) is 15.1 Å². The number of carbonyl (C=O) groups is 2. The summed E-state index contributed by atoms with van der Waals surface area (Å²) in [6, 6.07) is 12.4. The molecular weight excluding hydrogens is 431 g/mol. The molecule has 0 aliphatic carbocycles. The number of benzene rings is 2. The first-order valence-corrected chi connectivity index (χ1v) is 11.2. The Labute approximate surface area is 193 Å². The smallest absolute Gasteiger partial charge is 0.240 e. The van der Waals surface area contributed by atoms with Gasteiger partial charge in [0, 0.05) is 37.7 Å². The fourth-order valence-electron chi connectivity index (χ4n) is 4.17. The van der Waals surface area contributed by atoms with Crippen LogP contribution in [0.4, 0.5) is 4.39 Å². The lowest BCUT2D eigenvalue weighted by molar-refractivity contribution is -0.138. The van der Waals surface area contributed by atoms with Crippen molar-refractivity contribution in [2.24, 2.45) is 5.73 Å². The minimum atomic E-state index is -0.696. The van der Waals surface area contributed by atoms with Crippen molar-refractivity contribution in [3.05, 3.63) is 70.5 Å². The van der Waals surface area contributed by atoms with Crippen molar-refractivity contribution in [2.75, 3.05) is 26.7 Å². The summed E-state index contributed by atoms with van der Waals surface area (Å²) >= 11 is 5.98. The van der Waals surface area contributed by atoms with Gasteiger partial charge in [-0.05, 0) is 55.2 Å². The molecule has 1 aliphatic heterocycles. The Bertz CT molecular complexity index is 923. The molecule has 3 rings (SSSR count). The molecule has 2 amide bonds. The van der Waals surface area contributed by atoms with E-state index in [1.54, 1.807) is 24.1 Å². The zero-order valence-corrected chi connectivity index (χ0v) is 19.2. The van der Waals surface area contributed by atoms with Gasteiger partial charge in [-0.3, -0.25) is 14.5 Å². The standard InChI is InChI=1S/C24H30ClFN4O2/c1-16-15-29(22(23(31)28-2)14-18-3-7-19(25)8-4-18)11-12-30(16)24(32)21(27)13-17-5-9-20(26)10-6-17/h3-10,16,21-22H,11-15,27H2,1-2H3,(H,28,31). The average molecular weight is 461 g/mol. The second-order valence-corrected chi connectivity index (χ2v) is 8.71. The van der Waals surface area contributed by atoms with Crippen molar-refractivity contribution >= 4 is 23.4 Å². The first-order valence-electron chi connectivity index (χ1n) is 10.8. The van der Waals surface area contributed by atoms with Crippen LogP contribution < -0.4 is 11.1 Å². The molecule has 32 heavy (non-hydrogen) atoms. The van der Waals surface area contributed by atoms with Gasteiger partial charge in [-0.2, -0.15) is 0 Å². The number of hydrogen-bond donors (Lipinski definition) is 2. The minimum absolute atomic E-state index is 0.0556. The Hall–Kier alpha value is -2.48. The van der Waals surface area contributed by atoms with Gasteiger partial charge >= 0.3 is 0 Å². The molecule has 6 nitrogen and oxygen atoms in total. The van der Waals surface area contributed by atoms with E-state index in [0.717, 1.165) is 11.1 Å². The van der Waals surface area contributed by atoms with E-state index in [9.17, 15) is 14.0 Å². The third-order valence-electron chi connectivity index (χ3n) is 5.96. The zero-order chi connectivity index (χ0) is 23.3. The highest BCUT2D eigenvalue weighted by atomic mass is 35.5. The van der Waals surface area contributed by atoms with Crippen LogP contribution in [0.15, 0.2) is 48.5 Å². The number of likely N-dealkylation sites (N-methyl/N-ethyl adjacent to an activating group) is 1. The molecule has 1 fully saturated rings. The lowest BCUT2D eigenvalue weighted by Crippen LogP contribution is -2.61. The first-order chi connectivity index (χ1) is 15.3. The second kappa shape index (κ2) is 10.9. The molecule has 1 heterocycles. The molecule has 172 valence electrons. The van der Waals surface area contributed by atoms with Crippen LogP contribution in [0.1, 0.15) is 18.1 Å². The highest BCUT2D eigenvalue weighted by molar-refractivity contribution is 6.30. The molecule has 2 aromatic carbocycles. The Morgan fingerprint density at radius 3 is 2.28 bits per heavy atom. The molecule has 1 aliphatic rings. The molecule has 3 N–H and O–H groups in total. The highest BCUT2D eigenvalue weighted by Crippen LogP contribution is 2.19. The van der Waals surface area contributed by atoms with Gasteiger partial charge in [-0.15, -0.1) is 0 Å². The third-order valence-corrected chi connectivity index (χ3v) is 6.21. The lowest BCUT2D eigenvalue weighted by atomic mass is 10.0. The van der Waals surface area contributed by atoms with Crippen molar-refractivity contribution in [1.29, 1.82) is 0 Å². The number of hydrogen-bond acceptors (Lipinski definition) is 4. The number of nitrogens with two attached hydrogens (primary N) is 1. The number of piperazine rings is 1. The molecular formula is C24H30ClFN4O2. The summed E-state index contributed by atoms with van der Waals surface area (Å²) < 4.78 is 13.1. The van der Waals surface area contributed by atoms with Gasteiger partial charge in [0.15, 0.2) is 0 Å². The van der Waals surface area contributed by atoms with Gasteiger partial charge in [0.2, 0.25) is 11.8 Å². The van der Waals surface area contributed by atoms with E-state index in [0.29, 0.717) is 37.5 Å². The predicted molar refractivity (Wildman–Crippen MR) is 124 cm³/mol. The molecule has 2 aromatic rings.